The number of carbonyl (C=O) groups excluding carboxylic acids is 1. The van der Waals surface area contributed by atoms with Crippen molar-refractivity contribution in [1.82, 2.24) is 10.2 Å². The number of nitrogens with zero attached hydrogens (tertiary/aromatic N) is 1. The van der Waals surface area contributed by atoms with E-state index in [4.69, 9.17) is 0 Å². The third kappa shape index (κ3) is 5.89. The Labute approximate surface area is 178 Å². The Hall–Kier alpha value is -2.25. The number of benzene rings is 2. The summed E-state index contributed by atoms with van der Waals surface area (Å²) < 4.78 is 36.3. The number of halogens is 1. The first-order valence-electron chi connectivity index (χ1n) is 10.3. The van der Waals surface area contributed by atoms with Crippen LogP contribution in [0.1, 0.15) is 43.4 Å². The average Bonchev–Trinajstić information content (AvgIpc) is 2.73. The highest BCUT2D eigenvalue weighted by molar-refractivity contribution is 7.90. The standard InChI is InChI=1S/C23H29FN2O3S/c1-3-22(18-6-10-21(11-7-18)30(2,28)29)25-23(27)19-12-14-26(15-13-19)16-17-4-8-20(24)9-5-17/h4-11,19,22H,3,12-16H2,1-2H3,(H,25,27). The molecule has 0 radical (unpaired) electrons. The number of sulfone groups is 1. The van der Waals surface area contributed by atoms with Gasteiger partial charge in [0, 0.05) is 18.7 Å². The average molecular weight is 433 g/mol. The van der Waals surface area contributed by atoms with E-state index in [-0.39, 0.29) is 28.6 Å². The highest BCUT2D eigenvalue weighted by atomic mass is 32.2. The number of hydrogen-bond acceptors (Lipinski definition) is 4. The summed E-state index contributed by atoms with van der Waals surface area (Å²) in [5.41, 5.74) is 1.98. The van der Waals surface area contributed by atoms with Gasteiger partial charge in [0.2, 0.25) is 5.91 Å². The molecule has 2 aromatic carbocycles. The van der Waals surface area contributed by atoms with Crippen LogP contribution in [0, 0.1) is 11.7 Å². The lowest BCUT2D eigenvalue weighted by Gasteiger charge is -2.32. The van der Waals surface area contributed by atoms with Crippen LogP contribution in [0.5, 0.6) is 0 Å². The van der Waals surface area contributed by atoms with Gasteiger partial charge in [-0.15, -0.1) is 0 Å². The van der Waals surface area contributed by atoms with Gasteiger partial charge < -0.3 is 5.32 Å². The van der Waals surface area contributed by atoms with Gasteiger partial charge in [-0.2, -0.15) is 0 Å². The van der Waals surface area contributed by atoms with Crippen LogP contribution in [0.4, 0.5) is 4.39 Å². The van der Waals surface area contributed by atoms with E-state index in [1.54, 1.807) is 36.4 Å². The maximum Gasteiger partial charge on any atom is 0.223 e. The van der Waals surface area contributed by atoms with Crippen molar-refractivity contribution >= 4 is 15.7 Å². The van der Waals surface area contributed by atoms with Crippen LogP contribution < -0.4 is 5.32 Å². The van der Waals surface area contributed by atoms with E-state index in [1.807, 2.05) is 6.92 Å². The first kappa shape index (κ1) is 22.4. The number of nitrogens with one attached hydrogen (secondary N) is 1. The smallest absolute Gasteiger partial charge is 0.223 e. The fourth-order valence-electron chi connectivity index (χ4n) is 3.86. The van der Waals surface area contributed by atoms with Gasteiger partial charge >= 0.3 is 0 Å². The normalized spacial score (nSPS) is 16.9. The Kier molecular flexibility index (Phi) is 7.26. The highest BCUT2D eigenvalue weighted by Crippen LogP contribution is 2.23. The minimum atomic E-state index is -3.23. The minimum absolute atomic E-state index is 0.0289. The first-order valence-corrected chi connectivity index (χ1v) is 12.2. The van der Waals surface area contributed by atoms with Gasteiger partial charge in [-0.3, -0.25) is 9.69 Å². The molecule has 1 aliphatic heterocycles. The SMILES string of the molecule is CCC(NC(=O)C1CCN(Cc2ccc(F)cc2)CC1)c1ccc(S(C)(=O)=O)cc1. The molecule has 2 aromatic rings. The largest absolute Gasteiger partial charge is 0.349 e. The molecule has 1 heterocycles. The third-order valence-corrected chi connectivity index (χ3v) is 6.84. The second kappa shape index (κ2) is 9.71. The van der Waals surface area contributed by atoms with E-state index in [0.717, 1.165) is 50.0 Å². The van der Waals surface area contributed by atoms with E-state index < -0.39 is 9.84 Å². The van der Waals surface area contributed by atoms with Crippen LogP contribution in [0.2, 0.25) is 0 Å². The molecule has 5 nitrogen and oxygen atoms in total. The predicted molar refractivity (Wildman–Crippen MR) is 115 cm³/mol. The lowest BCUT2D eigenvalue weighted by Crippen LogP contribution is -2.41. The second-order valence-electron chi connectivity index (χ2n) is 7.99. The number of hydrogen-bond donors (Lipinski definition) is 1. The third-order valence-electron chi connectivity index (χ3n) is 5.71. The number of amides is 1. The summed E-state index contributed by atoms with van der Waals surface area (Å²) in [6, 6.07) is 13.1. The summed E-state index contributed by atoms with van der Waals surface area (Å²) in [6.07, 6.45) is 3.49. The van der Waals surface area contributed by atoms with Crippen molar-refractivity contribution in [3.05, 3.63) is 65.5 Å². The molecule has 0 aliphatic carbocycles. The molecule has 1 fully saturated rings. The zero-order chi connectivity index (χ0) is 21.7. The molecule has 0 spiro atoms. The fraction of sp³-hybridized carbons (Fsp3) is 0.435. The van der Waals surface area contributed by atoms with E-state index in [2.05, 4.69) is 10.2 Å². The summed E-state index contributed by atoms with van der Waals surface area (Å²) >= 11 is 0. The number of carbonyl (C=O) groups is 1. The van der Waals surface area contributed by atoms with Crippen molar-refractivity contribution < 1.29 is 17.6 Å². The molecule has 30 heavy (non-hydrogen) atoms. The van der Waals surface area contributed by atoms with Crippen molar-refractivity contribution in [2.75, 3.05) is 19.3 Å². The predicted octanol–water partition coefficient (Wildman–Crippen LogP) is 3.71. The minimum Gasteiger partial charge on any atom is -0.349 e. The van der Waals surface area contributed by atoms with E-state index in [1.165, 1.54) is 18.4 Å². The topological polar surface area (TPSA) is 66.5 Å². The van der Waals surface area contributed by atoms with Crippen molar-refractivity contribution in [1.29, 1.82) is 0 Å². The highest BCUT2D eigenvalue weighted by Gasteiger charge is 2.26. The van der Waals surface area contributed by atoms with Gasteiger partial charge in [0.25, 0.3) is 0 Å². The Morgan fingerprint density at radius 3 is 2.23 bits per heavy atom. The van der Waals surface area contributed by atoms with Crippen LogP contribution in [-0.2, 0) is 21.2 Å². The molecular weight excluding hydrogens is 403 g/mol. The zero-order valence-corrected chi connectivity index (χ0v) is 18.3. The zero-order valence-electron chi connectivity index (χ0n) is 17.5. The van der Waals surface area contributed by atoms with Gasteiger partial charge in [-0.25, -0.2) is 12.8 Å². The Morgan fingerprint density at radius 1 is 1.10 bits per heavy atom. The molecule has 1 N–H and O–H groups in total. The van der Waals surface area contributed by atoms with Gasteiger partial charge in [0.15, 0.2) is 9.84 Å². The molecule has 162 valence electrons. The lowest BCUT2D eigenvalue weighted by atomic mass is 9.94. The summed E-state index contributed by atoms with van der Waals surface area (Å²) in [5.74, 6) is -0.208. The van der Waals surface area contributed by atoms with Crippen molar-refractivity contribution in [3.63, 3.8) is 0 Å². The maximum atomic E-state index is 13.0. The maximum absolute atomic E-state index is 13.0. The summed E-state index contributed by atoms with van der Waals surface area (Å²) in [4.78, 5) is 15.4. The number of rotatable bonds is 7. The van der Waals surface area contributed by atoms with Crippen LogP contribution >= 0.6 is 0 Å². The van der Waals surface area contributed by atoms with Crippen LogP contribution in [0.25, 0.3) is 0 Å². The Morgan fingerprint density at radius 2 is 1.70 bits per heavy atom. The summed E-state index contributed by atoms with van der Waals surface area (Å²) in [6.45, 7) is 4.42. The number of likely N-dealkylation sites (tertiary alicyclic amines) is 1. The molecule has 0 saturated carbocycles. The van der Waals surface area contributed by atoms with Gasteiger partial charge in [-0.1, -0.05) is 31.2 Å². The van der Waals surface area contributed by atoms with Crippen LogP contribution in [0.3, 0.4) is 0 Å². The second-order valence-corrected chi connectivity index (χ2v) is 10.0. The van der Waals surface area contributed by atoms with E-state index in [0.29, 0.717) is 0 Å². The quantitative estimate of drug-likeness (QED) is 0.724. The van der Waals surface area contributed by atoms with Crippen molar-refractivity contribution in [2.45, 2.75) is 43.7 Å². The molecule has 1 amide bonds. The summed E-state index contributed by atoms with van der Waals surface area (Å²) in [7, 11) is -3.23. The number of piperidine rings is 1. The first-order chi connectivity index (χ1) is 14.3. The van der Waals surface area contributed by atoms with Crippen molar-refractivity contribution in [3.8, 4) is 0 Å². The molecule has 0 bridgehead atoms. The van der Waals surface area contributed by atoms with E-state index in [9.17, 15) is 17.6 Å². The monoisotopic (exact) mass is 432 g/mol. The molecule has 1 aliphatic rings. The van der Waals surface area contributed by atoms with Gasteiger partial charge in [0.05, 0.1) is 10.9 Å². The molecule has 7 heteroatoms. The molecule has 3 rings (SSSR count). The summed E-state index contributed by atoms with van der Waals surface area (Å²) in [5, 5.41) is 3.13. The molecular formula is C23H29FN2O3S. The van der Waals surface area contributed by atoms with E-state index >= 15 is 0 Å². The molecule has 1 atom stereocenters. The van der Waals surface area contributed by atoms with Gasteiger partial charge in [0.1, 0.15) is 5.82 Å². The fourth-order valence-corrected chi connectivity index (χ4v) is 4.49. The van der Waals surface area contributed by atoms with Crippen LogP contribution in [0.15, 0.2) is 53.4 Å². The Bertz CT molecular complexity index is 951. The van der Waals surface area contributed by atoms with Crippen LogP contribution in [-0.4, -0.2) is 38.6 Å². The molecule has 1 saturated heterocycles. The molecule has 1 unspecified atom stereocenters. The van der Waals surface area contributed by atoms with Crippen molar-refractivity contribution in [2.24, 2.45) is 5.92 Å². The molecule has 0 aromatic heterocycles. The Balaban J connectivity index is 1.53. The lowest BCUT2D eigenvalue weighted by molar-refractivity contribution is -0.127. The van der Waals surface area contributed by atoms with Gasteiger partial charge in [-0.05, 0) is 67.7 Å².